The molecule has 2 aromatic rings. The van der Waals surface area contributed by atoms with Gasteiger partial charge >= 0.3 is 0 Å². The van der Waals surface area contributed by atoms with Crippen LogP contribution in [-0.2, 0) is 12.8 Å². The molecule has 1 aromatic carbocycles. The number of hydrogen-bond donors (Lipinski definition) is 3. The molecule has 5 heteroatoms. The van der Waals surface area contributed by atoms with Gasteiger partial charge in [-0.15, -0.1) is 0 Å². The summed E-state index contributed by atoms with van der Waals surface area (Å²) in [5.74, 6) is 7.03. The summed E-state index contributed by atoms with van der Waals surface area (Å²) < 4.78 is 0. The van der Waals surface area contributed by atoms with Crippen LogP contribution in [0.5, 0.6) is 0 Å². The predicted molar refractivity (Wildman–Crippen MR) is 82.9 cm³/mol. The van der Waals surface area contributed by atoms with Crippen molar-refractivity contribution in [2.45, 2.75) is 33.1 Å². The monoisotopic (exact) mass is 271 g/mol. The van der Waals surface area contributed by atoms with Gasteiger partial charge in [0.05, 0.1) is 0 Å². The van der Waals surface area contributed by atoms with Crippen molar-refractivity contribution in [3.8, 4) is 0 Å². The van der Waals surface area contributed by atoms with Gasteiger partial charge in [0.25, 0.3) is 0 Å². The second-order valence-electron chi connectivity index (χ2n) is 4.58. The molecular formula is C15H21N5. The van der Waals surface area contributed by atoms with Crippen LogP contribution in [0.25, 0.3) is 0 Å². The molecule has 0 saturated carbocycles. The summed E-state index contributed by atoms with van der Waals surface area (Å²) in [7, 11) is 0. The van der Waals surface area contributed by atoms with Crippen LogP contribution in [-0.4, -0.2) is 9.97 Å². The lowest BCUT2D eigenvalue weighted by Crippen LogP contribution is -2.13. The van der Waals surface area contributed by atoms with E-state index >= 15 is 0 Å². The Morgan fingerprint density at radius 1 is 1.10 bits per heavy atom. The fourth-order valence-corrected chi connectivity index (χ4v) is 2.21. The van der Waals surface area contributed by atoms with Crippen LogP contribution in [0.15, 0.2) is 30.6 Å². The number of nitrogens with one attached hydrogen (secondary N) is 2. The van der Waals surface area contributed by atoms with E-state index in [-0.39, 0.29) is 0 Å². The van der Waals surface area contributed by atoms with Crippen molar-refractivity contribution in [3.05, 3.63) is 41.7 Å². The molecule has 1 aromatic heterocycles. The van der Waals surface area contributed by atoms with Crippen LogP contribution in [0, 0.1) is 0 Å². The topological polar surface area (TPSA) is 75.9 Å². The van der Waals surface area contributed by atoms with Crippen LogP contribution in [0.1, 0.15) is 31.4 Å². The Labute approximate surface area is 119 Å². The van der Waals surface area contributed by atoms with Crippen molar-refractivity contribution < 1.29 is 0 Å². The van der Waals surface area contributed by atoms with Crippen molar-refractivity contribution >= 4 is 17.3 Å². The third-order valence-corrected chi connectivity index (χ3v) is 3.23. The fourth-order valence-electron chi connectivity index (χ4n) is 2.21. The van der Waals surface area contributed by atoms with Gasteiger partial charge < -0.3 is 10.7 Å². The number of rotatable bonds is 6. The lowest BCUT2D eigenvalue weighted by atomic mass is 10.1. The zero-order valence-electron chi connectivity index (χ0n) is 12.0. The molecule has 0 aliphatic carbocycles. The lowest BCUT2D eigenvalue weighted by molar-refractivity contribution is 0.903. The minimum atomic E-state index is 0.679. The van der Waals surface area contributed by atoms with Gasteiger partial charge in [0, 0.05) is 11.3 Å². The van der Waals surface area contributed by atoms with E-state index in [2.05, 4.69) is 46.7 Å². The van der Waals surface area contributed by atoms with Gasteiger partial charge in [0.15, 0.2) is 0 Å². The van der Waals surface area contributed by atoms with Crippen molar-refractivity contribution in [2.75, 3.05) is 10.7 Å². The number of nitrogen functional groups attached to an aromatic ring is 1. The van der Waals surface area contributed by atoms with E-state index in [9.17, 15) is 0 Å². The summed E-state index contributed by atoms with van der Waals surface area (Å²) in [6.45, 7) is 4.26. The Balaban J connectivity index is 2.37. The molecule has 2 rings (SSSR count). The van der Waals surface area contributed by atoms with E-state index in [1.54, 1.807) is 0 Å². The number of aromatic nitrogens is 2. The average molecular weight is 271 g/mol. The Kier molecular flexibility index (Phi) is 4.90. The maximum Gasteiger partial charge on any atom is 0.148 e. The summed E-state index contributed by atoms with van der Waals surface area (Å²) in [6, 6.07) is 8.24. The largest absolute Gasteiger partial charge is 0.340 e. The molecule has 106 valence electrons. The Hall–Kier alpha value is -2.14. The molecule has 0 unspecified atom stereocenters. The van der Waals surface area contributed by atoms with Crippen LogP contribution >= 0.6 is 0 Å². The molecule has 0 radical (unpaired) electrons. The zero-order chi connectivity index (χ0) is 14.4. The molecule has 0 saturated heterocycles. The molecule has 0 fully saturated rings. The fraction of sp³-hybridized carbons (Fsp3) is 0.333. The Morgan fingerprint density at radius 3 is 2.55 bits per heavy atom. The van der Waals surface area contributed by atoms with Crippen LogP contribution in [0.2, 0.25) is 0 Å². The first-order valence-electron chi connectivity index (χ1n) is 6.95. The maximum absolute atomic E-state index is 5.53. The van der Waals surface area contributed by atoms with E-state index in [0.29, 0.717) is 5.82 Å². The highest BCUT2D eigenvalue weighted by atomic mass is 15.3. The zero-order valence-corrected chi connectivity index (χ0v) is 12.0. The van der Waals surface area contributed by atoms with E-state index in [4.69, 9.17) is 5.84 Å². The number of para-hydroxylation sites is 1. The van der Waals surface area contributed by atoms with Gasteiger partial charge in [-0.2, -0.15) is 0 Å². The number of nitrogens with two attached hydrogens (primary N) is 1. The number of benzene rings is 1. The summed E-state index contributed by atoms with van der Waals surface area (Å²) >= 11 is 0. The number of anilines is 3. The van der Waals surface area contributed by atoms with Crippen molar-refractivity contribution in [1.82, 2.24) is 9.97 Å². The van der Waals surface area contributed by atoms with Crippen molar-refractivity contribution in [1.29, 1.82) is 0 Å². The Morgan fingerprint density at radius 2 is 1.85 bits per heavy atom. The van der Waals surface area contributed by atoms with Gasteiger partial charge in [-0.3, -0.25) is 0 Å². The number of aryl methyl sites for hydroxylation is 1. The van der Waals surface area contributed by atoms with Gasteiger partial charge in [0.1, 0.15) is 18.0 Å². The standard InChI is InChI=1S/C15H21N5/c1-3-7-12-14(17-10-18-15(12)20-16)19-13-9-6-5-8-11(13)4-2/h5-6,8-10H,3-4,7,16H2,1-2H3,(H2,17,18,19,20). The quantitative estimate of drug-likeness (QED) is 0.556. The molecule has 4 N–H and O–H groups in total. The second-order valence-corrected chi connectivity index (χ2v) is 4.58. The predicted octanol–water partition coefficient (Wildman–Crippen LogP) is 3.02. The van der Waals surface area contributed by atoms with Crippen LogP contribution in [0.4, 0.5) is 17.3 Å². The summed E-state index contributed by atoms with van der Waals surface area (Å²) in [5.41, 5.74) is 6.00. The average Bonchev–Trinajstić information content (AvgIpc) is 2.49. The Bertz CT molecular complexity index is 568. The first-order chi connectivity index (χ1) is 9.80. The van der Waals surface area contributed by atoms with E-state index in [1.807, 2.05) is 12.1 Å². The number of hydrazine groups is 1. The molecule has 0 amide bonds. The summed E-state index contributed by atoms with van der Waals surface area (Å²) in [5, 5.41) is 3.40. The number of nitrogens with zero attached hydrogens (tertiary/aromatic N) is 2. The molecule has 0 spiro atoms. The highest BCUT2D eigenvalue weighted by Crippen LogP contribution is 2.26. The van der Waals surface area contributed by atoms with E-state index in [1.165, 1.54) is 11.9 Å². The highest BCUT2D eigenvalue weighted by molar-refractivity contribution is 5.66. The molecule has 0 aliphatic rings. The summed E-state index contributed by atoms with van der Waals surface area (Å²) in [6.07, 6.45) is 4.37. The van der Waals surface area contributed by atoms with Crippen molar-refractivity contribution in [2.24, 2.45) is 5.84 Å². The molecule has 0 atom stereocenters. The summed E-state index contributed by atoms with van der Waals surface area (Å²) in [4.78, 5) is 8.53. The molecule has 0 aliphatic heterocycles. The van der Waals surface area contributed by atoms with Gasteiger partial charge in [-0.1, -0.05) is 38.5 Å². The first kappa shape index (κ1) is 14.3. The minimum Gasteiger partial charge on any atom is -0.340 e. The molecular weight excluding hydrogens is 250 g/mol. The minimum absolute atomic E-state index is 0.679. The molecule has 1 heterocycles. The first-order valence-corrected chi connectivity index (χ1v) is 6.95. The third-order valence-electron chi connectivity index (χ3n) is 3.23. The van der Waals surface area contributed by atoms with Crippen LogP contribution in [0.3, 0.4) is 0 Å². The highest BCUT2D eigenvalue weighted by Gasteiger charge is 2.11. The van der Waals surface area contributed by atoms with E-state index in [0.717, 1.165) is 36.3 Å². The smallest absolute Gasteiger partial charge is 0.148 e. The molecule has 20 heavy (non-hydrogen) atoms. The third kappa shape index (κ3) is 3.05. The normalized spacial score (nSPS) is 10.3. The molecule has 0 bridgehead atoms. The number of hydrogen-bond acceptors (Lipinski definition) is 5. The SMILES string of the molecule is CCCc1c(NN)ncnc1Nc1ccccc1CC. The second kappa shape index (κ2) is 6.86. The lowest BCUT2D eigenvalue weighted by Gasteiger charge is -2.15. The van der Waals surface area contributed by atoms with Crippen molar-refractivity contribution in [3.63, 3.8) is 0 Å². The van der Waals surface area contributed by atoms with Gasteiger partial charge in [0.2, 0.25) is 0 Å². The van der Waals surface area contributed by atoms with Gasteiger partial charge in [-0.05, 0) is 24.5 Å². The maximum atomic E-state index is 5.53. The molecule has 5 nitrogen and oxygen atoms in total. The van der Waals surface area contributed by atoms with E-state index < -0.39 is 0 Å². The van der Waals surface area contributed by atoms with Gasteiger partial charge in [-0.25, -0.2) is 15.8 Å². The van der Waals surface area contributed by atoms with Crippen LogP contribution < -0.4 is 16.6 Å².